The number of rotatable bonds is 2. The predicted molar refractivity (Wildman–Crippen MR) is 48.5 cm³/mol. The summed E-state index contributed by atoms with van der Waals surface area (Å²) in [6.45, 7) is 2.11. The van der Waals surface area contributed by atoms with Gasteiger partial charge in [0.2, 0.25) is 0 Å². The Kier molecular flexibility index (Phi) is 1.84. The van der Waals surface area contributed by atoms with Crippen molar-refractivity contribution in [2.75, 3.05) is 0 Å². The summed E-state index contributed by atoms with van der Waals surface area (Å²) in [6.07, 6.45) is 3.27. The Labute approximate surface area is 77.0 Å². The molecule has 2 atom stereocenters. The highest BCUT2D eigenvalue weighted by Gasteiger charge is 2.51. The second kappa shape index (κ2) is 2.77. The number of aromatic nitrogens is 1. The second-order valence-electron chi connectivity index (χ2n) is 3.71. The maximum Gasteiger partial charge on any atom is 0.141 e. The van der Waals surface area contributed by atoms with E-state index in [1.165, 1.54) is 12.3 Å². The minimum atomic E-state index is -0.305. The minimum Gasteiger partial charge on any atom is -0.320 e. The van der Waals surface area contributed by atoms with Crippen LogP contribution in [0.25, 0.3) is 0 Å². The molecule has 0 saturated heterocycles. The van der Waals surface area contributed by atoms with Crippen LogP contribution in [0, 0.1) is 11.7 Å². The Hall–Kier alpha value is -0.960. The van der Waals surface area contributed by atoms with Gasteiger partial charge in [-0.2, -0.15) is 0 Å². The van der Waals surface area contributed by atoms with Crippen LogP contribution in [0.3, 0.4) is 0 Å². The third kappa shape index (κ3) is 1.33. The molecule has 1 fully saturated rings. The Morgan fingerprint density at radius 1 is 1.69 bits per heavy atom. The first-order chi connectivity index (χ1) is 6.16. The van der Waals surface area contributed by atoms with Crippen molar-refractivity contribution in [2.45, 2.75) is 25.3 Å². The van der Waals surface area contributed by atoms with Crippen molar-refractivity contribution in [1.82, 2.24) is 4.98 Å². The fraction of sp³-hybridized carbons (Fsp3) is 0.500. The van der Waals surface area contributed by atoms with E-state index in [1.807, 2.05) is 0 Å². The molecule has 0 spiro atoms. The molecular formula is C10H13FN2. The summed E-state index contributed by atoms with van der Waals surface area (Å²) in [4.78, 5) is 4.01. The third-order valence-electron chi connectivity index (χ3n) is 2.85. The summed E-state index contributed by atoms with van der Waals surface area (Å²) in [5.41, 5.74) is 6.63. The van der Waals surface area contributed by atoms with Crippen molar-refractivity contribution in [1.29, 1.82) is 0 Å². The van der Waals surface area contributed by atoms with E-state index >= 15 is 0 Å². The SMILES string of the molecule is CCC1CC1(N)c1ccc(F)cn1. The molecule has 2 rings (SSSR count). The topological polar surface area (TPSA) is 38.9 Å². The molecule has 70 valence electrons. The van der Waals surface area contributed by atoms with Crippen molar-refractivity contribution in [2.24, 2.45) is 11.7 Å². The van der Waals surface area contributed by atoms with E-state index in [0.717, 1.165) is 18.5 Å². The van der Waals surface area contributed by atoms with E-state index in [0.29, 0.717) is 5.92 Å². The summed E-state index contributed by atoms with van der Waals surface area (Å²) in [5.74, 6) is 0.214. The lowest BCUT2D eigenvalue weighted by molar-refractivity contribution is 0.582. The van der Waals surface area contributed by atoms with Crippen molar-refractivity contribution < 1.29 is 4.39 Å². The van der Waals surface area contributed by atoms with Crippen molar-refractivity contribution in [3.8, 4) is 0 Å². The fourth-order valence-corrected chi connectivity index (χ4v) is 1.82. The molecule has 3 heteroatoms. The first kappa shape index (κ1) is 8.63. The maximum atomic E-state index is 12.6. The number of pyridine rings is 1. The molecule has 0 bridgehead atoms. The lowest BCUT2D eigenvalue weighted by Gasteiger charge is -2.09. The van der Waals surface area contributed by atoms with Gasteiger partial charge in [0.05, 0.1) is 17.4 Å². The zero-order chi connectivity index (χ0) is 9.47. The van der Waals surface area contributed by atoms with Gasteiger partial charge in [0, 0.05) is 0 Å². The molecule has 1 aliphatic rings. The fourth-order valence-electron chi connectivity index (χ4n) is 1.82. The first-order valence-corrected chi connectivity index (χ1v) is 4.57. The van der Waals surface area contributed by atoms with E-state index in [1.54, 1.807) is 6.07 Å². The summed E-state index contributed by atoms with van der Waals surface area (Å²) in [6, 6.07) is 3.10. The highest BCUT2D eigenvalue weighted by Crippen LogP contribution is 2.50. The van der Waals surface area contributed by atoms with Crippen molar-refractivity contribution in [3.05, 3.63) is 29.8 Å². The smallest absolute Gasteiger partial charge is 0.141 e. The van der Waals surface area contributed by atoms with Crippen LogP contribution in [0.15, 0.2) is 18.3 Å². The molecule has 1 aromatic heterocycles. The van der Waals surface area contributed by atoms with Crippen LogP contribution in [0.1, 0.15) is 25.5 Å². The first-order valence-electron chi connectivity index (χ1n) is 4.57. The van der Waals surface area contributed by atoms with Gasteiger partial charge in [-0.1, -0.05) is 13.3 Å². The molecular weight excluding hydrogens is 167 g/mol. The van der Waals surface area contributed by atoms with E-state index in [2.05, 4.69) is 11.9 Å². The third-order valence-corrected chi connectivity index (χ3v) is 2.85. The summed E-state index contributed by atoms with van der Waals surface area (Å²) in [5, 5.41) is 0. The largest absolute Gasteiger partial charge is 0.320 e. The van der Waals surface area contributed by atoms with Crippen LogP contribution in [0.4, 0.5) is 4.39 Å². The van der Waals surface area contributed by atoms with Crippen molar-refractivity contribution >= 4 is 0 Å². The molecule has 0 aromatic carbocycles. The standard InChI is InChI=1S/C10H13FN2/c1-2-7-5-10(7,12)9-4-3-8(11)6-13-9/h3-4,6-7H,2,5,12H2,1H3. The average molecular weight is 180 g/mol. The molecule has 0 amide bonds. The normalized spacial score (nSPS) is 31.8. The molecule has 2 unspecified atom stereocenters. The van der Waals surface area contributed by atoms with Gasteiger partial charge in [0.1, 0.15) is 5.82 Å². The second-order valence-corrected chi connectivity index (χ2v) is 3.71. The Morgan fingerprint density at radius 2 is 2.46 bits per heavy atom. The average Bonchev–Trinajstić information content (AvgIpc) is 2.80. The minimum absolute atomic E-state index is 0.275. The zero-order valence-electron chi connectivity index (χ0n) is 7.63. The summed E-state index contributed by atoms with van der Waals surface area (Å²) >= 11 is 0. The van der Waals surface area contributed by atoms with Crippen LogP contribution < -0.4 is 5.73 Å². The molecule has 1 heterocycles. The van der Waals surface area contributed by atoms with Gasteiger partial charge in [0.15, 0.2) is 0 Å². The molecule has 1 aliphatic carbocycles. The summed E-state index contributed by atoms with van der Waals surface area (Å²) in [7, 11) is 0. The van der Waals surface area contributed by atoms with Crippen LogP contribution in [-0.4, -0.2) is 4.98 Å². The van der Waals surface area contributed by atoms with Gasteiger partial charge >= 0.3 is 0 Å². The van der Waals surface area contributed by atoms with Gasteiger partial charge < -0.3 is 5.73 Å². The van der Waals surface area contributed by atoms with E-state index < -0.39 is 0 Å². The number of hydrogen-bond donors (Lipinski definition) is 1. The van der Waals surface area contributed by atoms with Crippen LogP contribution in [-0.2, 0) is 5.54 Å². The highest BCUT2D eigenvalue weighted by molar-refractivity contribution is 5.25. The molecule has 13 heavy (non-hydrogen) atoms. The van der Waals surface area contributed by atoms with E-state index in [9.17, 15) is 4.39 Å². The Bertz CT molecular complexity index is 309. The molecule has 1 aromatic rings. The molecule has 2 nitrogen and oxygen atoms in total. The van der Waals surface area contributed by atoms with Crippen LogP contribution >= 0.6 is 0 Å². The lowest BCUT2D eigenvalue weighted by Crippen LogP contribution is -2.23. The highest BCUT2D eigenvalue weighted by atomic mass is 19.1. The van der Waals surface area contributed by atoms with E-state index in [-0.39, 0.29) is 11.4 Å². The molecule has 0 radical (unpaired) electrons. The Balaban J connectivity index is 2.23. The zero-order valence-corrected chi connectivity index (χ0v) is 7.63. The monoisotopic (exact) mass is 180 g/mol. The van der Waals surface area contributed by atoms with Crippen LogP contribution in [0.2, 0.25) is 0 Å². The van der Waals surface area contributed by atoms with E-state index in [4.69, 9.17) is 5.73 Å². The number of nitrogens with two attached hydrogens (primary N) is 1. The lowest BCUT2D eigenvalue weighted by atomic mass is 10.1. The van der Waals surface area contributed by atoms with Gasteiger partial charge in [-0.15, -0.1) is 0 Å². The molecule has 1 saturated carbocycles. The maximum absolute atomic E-state index is 12.6. The van der Waals surface area contributed by atoms with Crippen molar-refractivity contribution in [3.63, 3.8) is 0 Å². The Morgan fingerprint density at radius 3 is 2.92 bits per heavy atom. The molecule has 2 N–H and O–H groups in total. The quantitative estimate of drug-likeness (QED) is 0.753. The number of hydrogen-bond acceptors (Lipinski definition) is 2. The number of halogens is 1. The van der Waals surface area contributed by atoms with Gasteiger partial charge in [-0.05, 0) is 24.5 Å². The van der Waals surface area contributed by atoms with Gasteiger partial charge in [-0.25, -0.2) is 4.39 Å². The molecule has 0 aliphatic heterocycles. The summed E-state index contributed by atoms with van der Waals surface area (Å²) < 4.78 is 12.6. The predicted octanol–water partition coefficient (Wildman–Crippen LogP) is 1.80. The van der Waals surface area contributed by atoms with Gasteiger partial charge in [0.25, 0.3) is 0 Å². The number of nitrogens with zero attached hydrogens (tertiary/aromatic N) is 1. The van der Waals surface area contributed by atoms with Crippen LogP contribution in [0.5, 0.6) is 0 Å². The van der Waals surface area contributed by atoms with Gasteiger partial charge in [-0.3, -0.25) is 4.98 Å².